The summed E-state index contributed by atoms with van der Waals surface area (Å²) in [6.07, 6.45) is 1.65. The molecular weight excluding hydrogens is 581 g/mol. The van der Waals surface area contributed by atoms with Gasteiger partial charge in [-0.2, -0.15) is 25.3 Å². The minimum Gasteiger partial charge on any atom is -0.168 e. The van der Waals surface area contributed by atoms with Gasteiger partial charge in [-0.05, 0) is 75.8 Å². The van der Waals surface area contributed by atoms with Crippen LogP contribution in [0.4, 0.5) is 0 Å². The van der Waals surface area contributed by atoms with E-state index in [0.29, 0.717) is 5.92 Å². The minimum atomic E-state index is -0.415. The van der Waals surface area contributed by atoms with Crippen LogP contribution in [0.1, 0.15) is 49.3 Å². The van der Waals surface area contributed by atoms with Crippen molar-refractivity contribution in [3.8, 4) is 33.4 Å². The van der Waals surface area contributed by atoms with Crippen LogP contribution in [0.2, 0.25) is 0 Å². The zero-order chi connectivity index (χ0) is 31.3. The van der Waals surface area contributed by atoms with Gasteiger partial charge in [-0.3, -0.25) is 0 Å². The molecule has 0 bridgehead atoms. The second-order valence-electron chi connectivity index (χ2n) is 12.5. The Morgan fingerprint density at radius 2 is 0.778 bits per heavy atom. The Bertz CT molecular complexity index is 1790. The first kappa shape index (κ1) is 31.0. The van der Waals surface area contributed by atoms with Gasteiger partial charge in [-0.1, -0.05) is 171 Å². The molecule has 0 saturated heterocycles. The van der Waals surface area contributed by atoms with Crippen LogP contribution in [0.25, 0.3) is 33.4 Å². The van der Waals surface area contributed by atoms with Crippen molar-refractivity contribution in [2.75, 3.05) is 0 Å². The number of hydrogen-bond acceptors (Lipinski definition) is 2. The molecule has 0 fully saturated rings. The highest BCUT2D eigenvalue weighted by Crippen LogP contribution is 2.49. The van der Waals surface area contributed by atoms with E-state index in [4.69, 9.17) is 25.3 Å². The van der Waals surface area contributed by atoms with E-state index >= 15 is 0 Å². The summed E-state index contributed by atoms with van der Waals surface area (Å²) in [7, 11) is 0. The molecule has 0 heterocycles. The van der Waals surface area contributed by atoms with E-state index in [-0.39, 0.29) is 0 Å². The van der Waals surface area contributed by atoms with E-state index in [0.717, 1.165) is 12.8 Å². The molecular formula is C43H40S2. The monoisotopic (exact) mass is 620 g/mol. The van der Waals surface area contributed by atoms with Gasteiger partial charge in [0.05, 0.1) is 0 Å². The summed E-state index contributed by atoms with van der Waals surface area (Å²) in [5.74, 6) is 0.297. The lowest BCUT2D eigenvalue weighted by atomic mass is 9.78. The van der Waals surface area contributed by atoms with Crippen LogP contribution in [0.5, 0.6) is 0 Å². The molecule has 6 aromatic carbocycles. The average molecular weight is 621 g/mol. The summed E-state index contributed by atoms with van der Waals surface area (Å²) in [6, 6.07) is 58.6. The van der Waals surface area contributed by atoms with E-state index in [1.165, 1.54) is 50.1 Å². The second-order valence-corrected chi connectivity index (χ2v) is 14.3. The Kier molecular flexibility index (Phi) is 9.35. The van der Waals surface area contributed by atoms with Crippen molar-refractivity contribution in [1.82, 2.24) is 0 Å². The van der Waals surface area contributed by atoms with Crippen molar-refractivity contribution in [1.29, 1.82) is 0 Å². The molecule has 6 rings (SSSR count). The predicted octanol–water partition coefficient (Wildman–Crippen LogP) is 12.2. The molecule has 0 N–H and O–H groups in total. The molecule has 0 aliphatic carbocycles. The summed E-state index contributed by atoms with van der Waals surface area (Å²) < 4.78 is -0.812. The molecule has 0 nitrogen and oxygen atoms in total. The Labute approximate surface area is 280 Å². The van der Waals surface area contributed by atoms with Crippen LogP contribution in [0.3, 0.4) is 0 Å². The maximum Gasteiger partial charge on any atom is 0.0400 e. The van der Waals surface area contributed by atoms with Crippen LogP contribution >= 0.6 is 25.3 Å². The Morgan fingerprint density at radius 3 is 1.18 bits per heavy atom. The van der Waals surface area contributed by atoms with Crippen LogP contribution in [-0.4, -0.2) is 0 Å². The maximum absolute atomic E-state index is 5.57. The van der Waals surface area contributed by atoms with Crippen molar-refractivity contribution >= 4 is 25.3 Å². The maximum atomic E-state index is 5.57. The van der Waals surface area contributed by atoms with E-state index in [2.05, 4.69) is 178 Å². The normalized spacial score (nSPS) is 14.7. The topological polar surface area (TPSA) is 0 Å². The van der Waals surface area contributed by atoms with Gasteiger partial charge in [0, 0.05) is 9.49 Å². The molecule has 6 aromatic rings. The molecule has 0 spiro atoms. The zero-order valence-corrected chi connectivity index (χ0v) is 27.8. The molecule has 2 heteroatoms. The molecule has 0 saturated carbocycles. The van der Waals surface area contributed by atoms with Crippen molar-refractivity contribution in [3.63, 3.8) is 0 Å². The SMILES string of the molecule is CC(CC(S)(CC(C)(S)c1ccc(-c2ccccc2)cc1)c1ccc(-c2ccccc2)cc1)c1ccc(-c2ccccc2)cc1. The molecule has 0 aromatic heterocycles. The van der Waals surface area contributed by atoms with Crippen molar-refractivity contribution in [2.45, 2.75) is 42.1 Å². The fraction of sp³-hybridized carbons (Fsp3) is 0.163. The molecule has 0 amide bonds. The van der Waals surface area contributed by atoms with Crippen molar-refractivity contribution in [3.05, 3.63) is 180 Å². The first-order valence-corrected chi connectivity index (χ1v) is 16.6. The number of rotatable bonds is 10. The largest absolute Gasteiger partial charge is 0.168 e. The lowest BCUT2D eigenvalue weighted by Crippen LogP contribution is -2.30. The van der Waals surface area contributed by atoms with Gasteiger partial charge >= 0.3 is 0 Å². The van der Waals surface area contributed by atoms with E-state index < -0.39 is 9.49 Å². The number of thiol groups is 2. The molecule has 224 valence electrons. The van der Waals surface area contributed by atoms with Gasteiger partial charge in [0.1, 0.15) is 0 Å². The Morgan fingerprint density at radius 1 is 0.444 bits per heavy atom. The van der Waals surface area contributed by atoms with E-state index in [9.17, 15) is 0 Å². The summed E-state index contributed by atoms with van der Waals surface area (Å²) in [6.45, 7) is 4.56. The quantitative estimate of drug-likeness (QED) is 0.140. The third kappa shape index (κ3) is 7.30. The molecule has 3 unspecified atom stereocenters. The minimum absolute atomic E-state index is 0.297. The van der Waals surface area contributed by atoms with E-state index in [1.54, 1.807) is 0 Å². The van der Waals surface area contributed by atoms with Crippen LogP contribution < -0.4 is 0 Å². The summed E-state index contributed by atoms with van der Waals surface area (Å²) in [5.41, 5.74) is 11.1. The smallest absolute Gasteiger partial charge is 0.0400 e. The highest BCUT2D eigenvalue weighted by atomic mass is 32.1. The lowest BCUT2D eigenvalue weighted by Gasteiger charge is -2.39. The summed E-state index contributed by atoms with van der Waals surface area (Å²) >= 11 is 10.9. The second kappa shape index (κ2) is 13.6. The molecule has 0 aliphatic rings. The predicted molar refractivity (Wildman–Crippen MR) is 200 cm³/mol. The van der Waals surface area contributed by atoms with Crippen LogP contribution in [-0.2, 0) is 9.49 Å². The van der Waals surface area contributed by atoms with Gasteiger partial charge in [-0.15, -0.1) is 0 Å². The summed E-state index contributed by atoms with van der Waals surface area (Å²) in [4.78, 5) is 0. The standard InChI is InChI=1S/C43H40S2/c1-32(33-18-20-37(21-19-33)34-12-6-3-7-13-34)30-43(45,41-28-24-39(25-29-41)36-16-10-5-11-17-36)31-42(2,44)40-26-22-38(23-27-40)35-14-8-4-9-15-35/h3-29,32,44-45H,30-31H2,1-2H3. The van der Waals surface area contributed by atoms with Gasteiger partial charge in [0.25, 0.3) is 0 Å². The molecule has 3 atom stereocenters. The first-order valence-electron chi connectivity index (χ1n) is 15.7. The van der Waals surface area contributed by atoms with Gasteiger partial charge in [-0.25, -0.2) is 0 Å². The Hall–Kier alpha value is -3.98. The van der Waals surface area contributed by atoms with Gasteiger partial charge < -0.3 is 0 Å². The van der Waals surface area contributed by atoms with E-state index in [1.807, 2.05) is 0 Å². The zero-order valence-electron chi connectivity index (χ0n) is 26.0. The van der Waals surface area contributed by atoms with Crippen molar-refractivity contribution < 1.29 is 0 Å². The van der Waals surface area contributed by atoms with Crippen LogP contribution in [0.15, 0.2) is 164 Å². The highest BCUT2D eigenvalue weighted by molar-refractivity contribution is 7.82. The highest BCUT2D eigenvalue weighted by Gasteiger charge is 2.38. The molecule has 0 aliphatic heterocycles. The van der Waals surface area contributed by atoms with Crippen LogP contribution in [0, 0.1) is 0 Å². The third-order valence-corrected chi connectivity index (χ3v) is 10.0. The molecule has 45 heavy (non-hydrogen) atoms. The van der Waals surface area contributed by atoms with Gasteiger partial charge in [0.15, 0.2) is 0 Å². The number of hydrogen-bond donors (Lipinski definition) is 2. The fourth-order valence-electron chi connectivity index (χ4n) is 6.48. The van der Waals surface area contributed by atoms with Gasteiger partial charge in [0.2, 0.25) is 0 Å². The third-order valence-electron chi connectivity index (χ3n) is 9.01. The fourth-order valence-corrected chi connectivity index (χ4v) is 7.76. The summed E-state index contributed by atoms with van der Waals surface area (Å²) in [5, 5.41) is 0. The Balaban J connectivity index is 1.30. The number of benzene rings is 6. The average Bonchev–Trinajstić information content (AvgIpc) is 3.09. The van der Waals surface area contributed by atoms with Crippen molar-refractivity contribution in [2.24, 2.45) is 0 Å². The lowest BCUT2D eigenvalue weighted by molar-refractivity contribution is 0.433. The molecule has 0 radical (unpaired) electrons. The first-order chi connectivity index (χ1) is 21.8.